The molecule has 1 aromatic rings. The van der Waals surface area contributed by atoms with Crippen molar-refractivity contribution in [3.05, 3.63) is 17.6 Å². The largest absolute Gasteiger partial charge is 0.355 e. The Morgan fingerprint density at radius 1 is 1.32 bits per heavy atom. The van der Waals surface area contributed by atoms with E-state index in [1.54, 1.807) is 6.33 Å². The van der Waals surface area contributed by atoms with Crippen molar-refractivity contribution in [1.29, 1.82) is 0 Å². The highest BCUT2D eigenvalue weighted by Gasteiger charge is 2.27. The van der Waals surface area contributed by atoms with E-state index in [2.05, 4.69) is 31.5 Å². The summed E-state index contributed by atoms with van der Waals surface area (Å²) in [7, 11) is -1.07. The molecule has 0 saturated carbocycles. The zero-order valence-electron chi connectivity index (χ0n) is 13.1. The molecule has 8 heteroatoms. The highest BCUT2D eigenvalue weighted by atomic mass is 32.2. The Labute approximate surface area is 131 Å². The number of rotatable bonds is 3. The van der Waals surface area contributed by atoms with Crippen molar-refractivity contribution in [2.24, 2.45) is 0 Å². The molecule has 2 aliphatic heterocycles. The Hall–Kier alpha value is -1.25. The van der Waals surface area contributed by atoms with Gasteiger partial charge in [-0.3, -0.25) is 0 Å². The van der Waals surface area contributed by atoms with Gasteiger partial charge in [-0.25, -0.2) is 23.1 Å². The Bertz CT molecular complexity index is 649. The first kappa shape index (κ1) is 15.6. The van der Waals surface area contributed by atoms with Gasteiger partial charge in [0.1, 0.15) is 12.1 Å². The number of fused-ring (bicyclic) bond motifs is 1. The maximum Gasteiger partial charge on any atom is 0.209 e. The molecule has 22 heavy (non-hydrogen) atoms. The second-order valence-electron chi connectivity index (χ2n) is 6.29. The van der Waals surface area contributed by atoms with E-state index in [-0.39, 0.29) is 6.04 Å². The number of hydrogen-bond donors (Lipinski definition) is 1. The van der Waals surface area contributed by atoms with E-state index in [0.29, 0.717) is 6.54 Å². The van der Waals surface area contributed by atoms with Gasteiger partial charge in [-0.05, 0) is 19.9 Å². The third-order valence-corrected chi connectivity index (χ3v) is 5.03. The first-order valence-corrected chi connectivity index (χ1v) is 9.55. The molecule has 1 fully saturated rings. The van der Waals surface area contributed by atoms with Gasteiger partial charge < -0.3 is 9.80 Å². The van der Waals surface area contributed by atoms with Crippen LogP contribution in [0.1, 0.15) is 24.1 Å². The van der Waals surface area contributed by atoms with Crippen LogP contribution in [-0.4, -0.2) is 62.3 Å². The van der Waals surface area contributed by atoms with Gasteiger partial charge in [-0.2, -0.15) is 0 Å². The molecule has 0 unspecified atom stereocenters. The molecule has 0 radical (unpaired) electrons. The van der Waals surface area contributed by atoms with Gasteiger partial charge in [0, 0.05) is 44.2 Å². The van der Waals surface area contributed by atoms with Crippen LogP contribution in [0, 0.1) is 0 Å². The fourth-order valence-corrected chi connectivity index (χ4v) is 4.10. The van der Waals surface area contributed by atoms with Crippen LogP contribution in [0.25, 0.3) is 0 Å². The van der Waals surface area contributed by atoms with Crippen LogP contribution in [0.3, 0.4) is 0 Å². The normalized spacial score (nSPS) is 23.4. The van der Waals surface area contributed by atoms with Crippen molar-refractivity contribution in [2.45, 2.75) is 31.8 Å². The highest BCUT2D eigenvalue weighted by molar-refractivity contribution is 7.88. The minimum atomic E-state index is -3.17. The van der Waals surface area contributed by atoms with Gasteiger partial charge in [0.2, 0.25) is 10.0 Å². The van der Waals surface area contributed by atoms with E-state index < -0.39 is 10.0 Å². The average molecular weight is 325 g/mol. The summed E-state index contributed by atoms with van der Waals surface area (Å²) in [6.45, 7) is 3.45. The van der Waals surface area contributed by atoms with Crippen LogP contribution in [-0.2, 0) is 23.0 Å². The van der Waals surface area contributed by atoms with E-state index in [9.17, 15) is 8.42 Å². The summed E-state index contributed by atoms with van der Waals surface area (Å²) >= 11 is 0. The minimum absolute atomic E-state index is 0.0457. The van der Waals surface area contributed by atoms with Gasteiger partial charge in [0.15, 0.2) is 0 Å². The molecule has 3 rings (SSSR count). The quantitative estimate of drug-likeness (QED) is 0.842. The molecular weight excluding hydrogens is 302 g/mol. The van der Waals surface area contributed by atoms with E-state index in [4.69, 9.17) is 0 Å². The number of aromatic nitrogens is 2. The number of anilines is 1. The third kappa shape index (κ3) is 3.56. The van der Waals surface area contributed by atoms with E-state index in [1.807, 2.05) is 0 Å². The highest BCUT2D eigenvalue weighted by Crippen LogP contribution is 2.27. The molecule has 0 amide bonds. The number of nitrogens with one attached hydrogen (secondary N) is 1. The zero-order valence-corrected chi connectivity index (χ0v) is 13.9. The van der Waals surface area contributed by atoms with Crippen molar-refractivity contribution >= 4 is 15.8 Å². The maximum atomic E-state index is 11.5. The number of sulfonamides is 1. The number of piperidine rings is 1. The fourth-order valence-electron chi connectivity index (χ4n) is 3.30. The third-order valence-electron chi connectivity index (χ3n) is 4.27. The predicted molar refractivity (Wildman–Crippen MR) is 85.3 cm³/mol. The Morgan fingerprint density at radius 2 is 2.14 bits per heavy atom. The van der Waals surface area contributed by atoms with Gasteiger partial charge in [-0.15, -0.1) is 0 Å². The van der Waals surface area contributed by atoms with Crippen LogP contribution < -0.4 is 9.62 Å². The van der Waals surface area contributed by atoms with Crippen LogP contribution in [0.15, 0.2) is 6.33 Å². The Kier molecular flexibility index (Phi) is 4.33. The zero-order chi connectivity index (χ0) is 15.7. The molecule has 1 atom stereocenters. The maximum absolute atomic E-state index is 11.5. The lowest BCUT2D eigenvalue weighted by molar-refractivity contribution is 0.308. The molecule has 3 heterocycles. The smallest absolute Gasteiger partial charge is 0.209 e. The van der Waals surface area contributed by atoms with Crippen molar-refractivity contribution in [3.63, 3.8) is 0 Å². The second-order valence-corrected chi connectivity index (χ2v) is 8.07. The lowest BCUT2D eigenvalue weighted by atomic mass is 10.0. The predicted octanol–water partition coefficient (Wildman–Crippen LogP) is -0.0175. The van der Waals surface area contributed by atoms with Crippen molar-refractivity contribution in [3.8, 4) is 0 Å². The summed E-state index contributed by atoms with van der Waals surface area (Å²) in [4.78, 5) is 13.4. The fraction of sp³-hybridized carbons (Fsp3) is 0.714. The molecule has 0 bridgehead atoms. The van der Waals surface area contributed by atoms with E-state index >= 15 is 0 Å². The Balaban J connectivity index is 1.82. The SMILES string of the molecule is CN1CCc2ncnc(N3CCC[C@@H](NS(C)(=O)=O)C3)c2C1. The summed E-state index contributed by atoms with van der Waals surface area (Å²) in [5.74, 6) is 0.969. The molecule has 7 nitrogen and oxygen atoms in total. The molecule has 2 aliphatic rings. The summed E-state index contributed by atoms with van der Waals surface area (Å²) < 4.78 is 25.6. The van der Waals surface area contributed by atoms with Crippen molar-refractivity contribution < 1.29 is 8.42 Å². The molecule has 0 spiro atoms. The monoisotopic (exact) mass is 325 g/mol. The second kappa shape index (κ2) is 6.10. The summed E-state index contributed by atoms with van der Waals surface area (Å²) in [6, 6.07) is -0.0457. The topological polar surface area (TPSA) is 78.4 Å². The van der Waals surface area contributed by atoms with Gasteiger partial charge in [0.05, 0.1) is 11.9 Å². The molecule has 0 aromatic carbocycles. The summed E-state index contributed by atoms with van der Waals surface area (Å²) in [6.07, 6.45) is 5.62. The van der Waals surface area contributed by atoms with Crippen LogP contribution in [0.2, 0.25) is 0 Å². The first-order chi connectivity index (χ1) is 10.4. The first-order valence-electron chi connectivity index (χ1n) is 7.66. The summed E-state index contributed by atoms with van der Waals surface area (Å²) in [5, 5.41) is 0. The molecule has 1 N–H and O–H groups in total. The molecule has 0 aliphatic carbocycles. The lowest BCUT2D eigenvalue weighted by Gasteiger charge is -2.36. The van der Waals surface area contributed by atoms with Gasteiger partial charge >= 0.3 is 0 Å². The lowest BCUT2D eigenvalue weighted by Crippen LogP contribution is -2.48. The number of likely N-dealkylation sites (N-methyl/N-ethyl adjacent to an activating group) is 1. The van der Waals surface area contributed by atoms with Gasteiger partial charge in [-0.1, -0.05) is 0 Å². The van der Waals surface area contributed by atoms with E-state index in [0.717, 1.165) is 50.4 Å². The van der Waals surface area contributed by atoms with Crippen LogP contribution in [0.4, 0.5) is 5.82 Å². The molecule has 122 valence electrons. The van der Waals surface area contributed by atoms with Crippen LogP contribution >= 0.6 is 0 Å². The number of nitrogens with zero attached hydrogens (tertiary/aromatic N) is 4. The van der Waals surface area contributed by atoms with Crippen molar-refractivity contribution in [2.75, 3.05) is 37.8 Å². The molecule has 1 saturated heterocycles. The standard InChI is InChI=1S/C14H23N5O2S/c1-18-7-5-13-12(9-18)14(16-10-15-13)19-6-3-4-11(8-19)17-22(2,20)21/h10-11,17H,3-9H2,1-2H3/t11-/m1/s1. The minimum Gasteiger partial charge on any atom is -0.355 e. The Morgan fingerprint density at radius 3 is 2.91 bits per heavy atom. The molecule has 1 aromatic heterocycles. The van der Waals surface area contributed by atoms with Crippen LogP contribution in [0.5, 0.6) is 0 Å². The van der Waals surface area contributed by atoms with Crippen molar-refractivity contribution in [1.82, 2.24) is 19.6 Å². The van der Waals surface area contributed by atoms with Gasteiger partial charge in [0.25, 0.3) is 0 Å². The van der Waals surface area contributed by atoms with E-state index in [1.165, 1.54) is 11.8 Å². The average Bonchev–Trinajstić information content (AvgIpc) is 2.45. The molecular formula is C14H23N5O2S. The summed E-state index contributed by atoms with van der Waals surface area (Å²) in [5.41, 5.74) is 2.32. The number of hydrogen-bond acceptors (Lipinski definition) is 6.